The summed E-state index contributed by atoms with van der Waals surface area (Å²) in [5.41, 5.74) is 7.02. The molecule has 0 aliphatic rings. The number of anilines is 1. The Balaban J connectivity index is 2.88. The van der Waals surface area contributed by atoms with Gasteiger partial charge in [-0.25, -0.2) is 4.98 Å². The highest BCUT2D eigenvalue weighted by Crippen LogP contribution is 2.30. The summed E-state index contributed by atoms with van der Waals surface area (Å²) in [5, 5.41) is 1.09. The topological polar surface area (TPSA) is 42.2 Å². The van der Waals surface area contributed by atoms with Crippen LogP contribution in [0, 0.1) is 6.92 Å². The number of aromatic nitrogens is 1. The highest BCUT2D eigenvalue weighted by molar-refractivity contribution is 7.98. The van der Waals surface area contributed by atoms with Crippen LogP contribution in [0.4, 0.5) is 5.13 Å². The van der Waals surface area contributed by atoms with E-state index in [1.54, 1.807) is 11.3 Å². The Bertz CT molecular complexity index is 350. The maximum absolute atomic E-state index is 5.94. The van der Waals surface area contributed by atoms with Crippen molar-refractivity contribution in [2.24, 2.45) is 5.73 Å². The molecule has 0 radical (unpaired) electrons. The summed E-state index contributed by atoms with van der Waals surface area (Å²) < 4.78 is 0. The average Bonchev–Trinajstić information content (AvgIpc) is 2.67. The van der Waals surface area contributed by atoms with E-state index >= 15 is 0 Å². The van der Waals surface area contributed by atoms with Gasteiger partial charge in [-0.1, -0.05) is 6.92 Å². The molecule has 17 heavy (non-hydrogen) atoms. The van der Waals surface area contributed by atoms with Gasteiger partial charge in [-0.05, 0) is 26.5 Å². The lowest BCUT2D eigenvalue weighted by Crippen LogP contribution is -2.33. The molecule has 3 nitrogen and oxygen atoms in total. The van der Waals surface area contributed by atoms with E-state index in [0.29, 0.717) is 6.04 Å². The van der Waals surface area contributed by atoms with Crippen LogP contribution >= 0.6 is 23.1 Å². The van der Waals surface area contributed by atoms with E-state index in [1.807, 2.05) is 25.6 Å². The van der Waals surface area contributed by atoms with Gasteiger partial charge in [-0.2, -0.15) is 11.8 Å². The molecule has 2 atom stereocenters. The molecule has 1 aromatic heterocycles. The van der Waals surface area contributed by atoms with Gasteiger partial charge in [-0.3, -0.25) is 0 Å². The van der Waals surface area contributed by atoms with Crippen LogP contribution in [-0.2, 0) is 0 Å². The summed E-state index contributed by atoms with van der Waals surface area (Å²) in [6.07, 6.45) is 3.29. The summed E-state index contributed by atoms with van der Waals surface area (Å²) >= 11 is 3.61. The van der Waals surface area contributed by atoms with Gasteiger partial charge >= 0.3 is 0 Å². The standard InChI is InChI=1S/C12H23N3S2/c1-6-10(7-16-5)15(4)12-14-9(3)11(17-12)8(2)13/h8,10H,6-7,13H2,1-5H3. The average molecular weight is 273 g/mol. The predicted octanol–water partition coefficient (Wildman–Crippen LogP) is 3.05. The summed E-state index contributed by atoms with van der Waals surface area (Å²) in [6, 6.07) is 0.631. The largest absolute Gasteiger partial charge is 0.347 e. The third kappa shape index (κ3) is 3.60. The molecule has 0 bridgehead atoms. The molecule has 1 rings (SSSR count). The Kier molecular flexibility index (Phi) is 5.76. The van der Waals surface area contributed by atoms with E-state index in [4.69, 9.17) is 5.73 Å². The molecular formula is C12H23N3S2. The monoisotopic (exact) mass is 273 g/mol. The second-order valence-corrected chi connectivity index (χ2v) is 6.28. The van der Waals surface area contributed by atoms with Crippen molar-refractivity contribution in [2.45, 2.75) is 39.3 Å². The van der Waals surface area contributed by atoms with Crippen LogP contribution in [0.25, 0.3) is 0 Å². The van der Waals surface area contributed by atoms with Crippen LogP contribution in [0.1, 0.15) is 36.9 Å². The molecule has 2 unspecified atom stereocenters. The smallest absolute Gasteiger partial charge is 0.185 e. The number of hydrogen-bond donors (Lipinski definition) is 1. The van der Waals surface area contributed by atoms with E-state index < -0.39 is 0 Å². The molecular weight excluding hydrogens is 250 g/mol. The molecule has 0 amide bonds. The first-order valence-corrected chi connectivity index (χ1v) is 8.16. The van der Waals surface area contributed by atoms with Crippen molar-refractivity contribution in [3.05, 3.63) is 10.6 Å². The summed E-state index contributed by atoms with van der Waals surface area (Å²) in [6.45, 7) is 6.29. The highest BCUT2D eigenvalue weighted by atomic mass is 32.2. The summed E-state index contributed by atoms with van der Waals surface area (Å²) in [4.78, 5) is 8.13. The van der Waals surface area contributed by atoms with Crippen molar-refractivity contribution in [1.82, 2.24) is 4.98 Å². The fraction of sp³-hybridized carbons (Fsp3) is 0.750. The normalized spacial score (nSPS) is 14.7. The zero-order chi connectivity index (χ0) is 13.0. The molecule has 0 saturated heterocycles. The molecule has 0 saturated carbocycles. The fourth-order valence-corrected chi connectivity index (χ4v) is 3.71. The van der Waals surface area contributed by atoms with E-state index in [-0.39, 0.29) is 6.04 Å². The van der Waals surface area contributed by atoms with Crippen LogP contribution in [0.5, 0.6) is 0 Å². The molecule has 98 valence electrons. The van der Waals surface area contributed by atoms with Gasteiger partial charge < -0.3 is 10.6 Å². The van der Waals surface area contributed by atoms with E-state index in [0.717, 1.165) is 23.0 Å². The van der Waals surface area contributed by atoms with Gasteiger partial charge in [0.05, 0.1) is 5.69 Å². The third-order valence-electron chi connectivity index (χ3n) is 2.91. The molecule has 5 heteroatoms. The van der Waals surface area contributed by atoms with Gasteiger partial charge in [0.15, 0.2) is 5.13 Å². The minimum atomic E-state index is 0.0790. The van der Waals surface area contributed by atoms with Crippen LogP contribution < -0.4 is 10.6 Å². The lowest BCUT2D eigenvalue weighted by atomic mass is 10.2. The van der Waals surface area contributed by atoms with Crippen LogP contribution in [-0.4, -0.2) is 30.1 Å². The Morgan fingerprint density at radius 2 is 2.18 bits per heavy atom. The number of hydrogen-bond acceptors (Lipinski definition) is 5. The highest BCUT2D eigenvalue weighted by Gasteiger charge is 2.18. The van der Waals surface area contributed by atoms with E-state index in [9.17, 15) is 0 Å². The molecule has 0 fully saturated rings. The van der Waals surface area contributed by atoms with Crippen molar-refractivity contribution < 1.29 is 0 Å². The van der Waals surface area contributed by atoms with Crippen LogP contribution in [0.2, 0.25) is 0 Å². The lowest BCUT2D eigenvalue weighted by molar-refractivity contribution is 0.671. The quantitative estimate of drug-likeness (QED) is 0.865. The van der Waals surface area contributed by atoms with Gasteiger partial charge in [0, 0.05) is 29.8 Å². The van der Waals surface area contributed by atoms with Crippen molar-refractivity contribution in [3.8, 4) is 0 Å². The SMILES string of the molecule is CCC(CSC)N(C)c1nc(C)c(C(C)N)s1. The van der Waals surface area contributed by atoms with Crippen LogP contribution in [0.15, 0.2) is 0 Å². The van der Waals surface area contributed by atoms with Gasteiger partial charge in [0.1, 0.15) is 0 Å². The predicted molar refractivity (Wildman–Crippen MR) is 80.3 cm³/mol. The van der Waals surface area contributed by atoms with Gasteiger partial charge in [0.2, 0.25) is 0 Å². The molecule has 1 heterocycles. The second-order valence-electron chi connectivity index (χ2n) is 4.36. The van der Waals surface area contributed by atoms with Crippen molar-refractivity contribution in [1.29, 1.82) is 0 Å². The minimum Gasteiger partial charge on any atom is -0.347 e. The summed E-state index contributed by atoms with van der Waals surface area (Å²) in [5.74, 6) is 1.14. The molecule has 0 aliphatic heterocycles. The van der Waals surface area contributed by atoms with E-state index in [1.165, 1.54) is 4.88 Å². The molecule has 0 aliphatic carbocycles. The third-order valence-corrected chi connectivity index (χ3v) is 5.08. The number of rotatable bonds is 6. The Morgan fingerprint density at radius 3 is 2.59 bits per heavy atom. The minimum absolute atomic E-state index is 0.0790. The number of thiazole rings is 1. The fourth-order valence-electron chi connectivity index (χ4n) is 1.82. The number of nitrogens with zero attached hydrogens (tertiary/aromatic N) is 2. The van der Waals surface area contributed by atoms with Gasteiger partial charge in [-0.15, -0.1) is 11.3 Å². The van der Waals surface area contributed by atoms with Crippen molar-refractivity contribution in [2.75, 3.05) is 24.0 Å². The van der Waals surface area contributed by atoms with Crippen molar-refractivity contribution >= 4 is 28.2 Å². The zero-order valence-corrected chi connectivity index (χ0v) is 13.0. The number of thioether (sulfide) groups is 1. The molecule has 1 aromatic rings. The number of nitrogens with two attached hydrogens (primary N) is 1. The second kappa shape index (κ2) is 6.61. The van der Waals surface area contributed by atoms with Crippen LogP contribution in [0.3, 0.4) is 0 Å². The molecule has 0 spiro atoms. The molecule has 2 N–H and O–H groups in total. The Labute approximate surface area is 113 Å². The first-order valence-electron chi connectivity index (χ1n) is 5.95. The van der Waals surface area contributed by atoms with E-state index in [2.05, 4.69) is 30.1 Å². The first-order chi connectivity index (χ1) is 8.01. The Morgan fingerprint density at radius 1 is 1.53 bits per heavy atom. The lowest BCUT2D eigenvalue weighted by Gasteiger charge is -2.26. The van der Waals surface area contributed by atoms with Crippen molar-refractivity contribution in [3.63, 3.8) is 0 Å². The maximum atomic E-state index is 5.94. The summed E-state index contributed by atoms with van der Waals surface area (Å²) in [7, 11) is 2.13. The molecule has 0 aromatic carbocycles. The van der Waals surface area contributed by atoms with Gasteiger partial charge in [0.25, 0.3) is 0 Å². The maximum Gasteiger partial charge on any atom is 0.185 e. The zero-order valence-electron chi connectivity index (χ0n) is 11.4. The first kappa shape index (κ1) is 14.8. The number of aryl methyl sites for hydroxylation is 1. The Hall–Kier alpha value is -0.260.